The van der Waals surface area contributed by atoms with Gasteiger partial charge < -0.3 is 5.11 Å². The summed E-state index contributed by atoms with van der Waals surface area (Å²) in [6.45, 7) is 0. The SMILES string of the molecule is O=S(=O)(c1ccc(Cl)cc1)N1[C@H]2CC[C@H]([C@H](O)C2)[C@H]1c1ccc(C(F)(F)F)nc1. The van der Waals surface area contributed by atoms with Gasteiger partial charge in [-0.1, -0.05) is 17.7 Å². The van der Waals surface area contributed by atoms with Crippen LogP contribution < -0.4 is 0 Å². The summed E-state index contributed by atoms with van der Waals surface area (Å²) in [4.78, 5) is 3.54. The van der Waals surface area contributed by atoms with Crippen molar-refractivity contribution < 1.29 is 26.7 Å². The Bertz CT molecular complexity index is 997. The molecule has 3 fully saturated rings. The molecule has 2 aromatic rings. The Hall–Kier alpha value is -1.68. The Balaban J connectivity index is 1.78. The van der Waals surface area contributed by atoms with E-state index in [4.69, 9.17) is 11.6 Å². The maximum absolute atomic E-state index is 13.4. The topological polar surface area (TPSA) is 70.5 Å². The molecule has 1 aliphatic carbocycles. The number of benzene rings is 1. The van der Waals surface area contributed by atoms with Gasteiger partial charge in [-0.3, -0.25) is 4.98 Å². The summed E-state index contributed by atoms with van der Waals surface area (Å²) >= 11 is 5.86. The summed E-state index contributed by atoms with van der Waals surface area (Å²) in [5.41, 5.74) is -0.709. The van der Waals surface area contributed by atoms with Crippen LogP contribution in [-0.2, 0) is 16.2 Å². The van der Waals surface area contributed by atoms with Crippen LogP contribution in [0.1, 0.15) is 36.6 Å². The first-order valence-electron chi connectivity index (χ1n) is 9.09. The van der Waals surface area contributed by atoms with Gasteiger partial charge in [-0.25, -0.2) is 8.42 Å². The lowest BCUT2D eigenvalue weighted by Gasteiger charge is -2.52. The Labute approximate surface area is 171 Å². The summed E-state index contributed by atoms with van der Waals surface area (Å²) < 4.78 is 66.8. The average molecular weight is 447 g/mol. The first-order valence-corrected chi connectivity index (χ1v) is 10.9. The second kappa shape index (κ2) is 7.23. The lowest BCUT2D eigenvalue weighted by Crippen LogP contribution is -2.57. The fourth-order valence-electron chi connectivity index (χ4n) is 4.38. The van der Waals surface area contributed by atoms with Gasteiger partial charge in [-0.2, -0.15) is 17.5 Å². The minimum Gasteiger partial charge on any atom is -0.393 e. The highest BCUT2D eigenvalue weighted by atomic mass is 35.5. The van der Waals surface area contributed by atoms with Crippen LogP contribution in [0.5, 0.6) is 0 Å². The van der Waals surface area contributed by atoms with Crippen molar-refractivity contribution in [1.29, 1.82) is 0 Å². The van der Waals surface area contributed by atoms with Crippen molar-refractivity contribution in [3.8, 4) is 0 Å². The number of alkyl halides is 3. The molecule has 29 heavy (non-hydrogen) atoms. The molecule has 2 bridgehead atoms. The summed E-state index contributed by atoms with van der Waals surface area (Å²) in [5, 5.41) is 10.9. The van der Waals surface area contributed by atoms with E-state index in [1.807, 2.05) is 0 Å². The van der Waals surface area contributed by atoms with Crippen LogP contribution in [-0.4, -0.2) is 35.0 Å². The summed E-state index contributed by atoms with van der Waals surface area (Å²) in [6, 6.07) is 6.61. The molecule has 1 aromatic heterocycles. The highest BCUT2D eigenvalue weighted by molar-refractivity contribution is 7.89. The van der Waals surface area contributed by atoms with E-state index in [0.717, 1.165) is 12.3 Å². The predicted molar refractivity (Wildman–Crippen MR) is 99.6 cm³/mol. The van der Waals surface area contributed by atoms with E-state index in [1.54, 1.807) is 0 Å². The number of piperidine rings is 2. The second-order valence-corrected chi connectivity index (χ2v) is 9.69. The van der Waals surface area contributed by atoms with Crippen molar-refractivity contribution in [2.24, 2.45) is 5.92 Å². The normalized spacial score (nSPS) is 27.9. The number of pyridine rings is 1. The van der Waals surface area contributed by atoms with Gasteiger partial charge in [-0.05, 0) is 55.2 Å². The number of aliphatic hydroxyl groups is 1. The van der Waals surface area contributed by atoms with Crippen molar-refractivity contribution in [2.45, 2.75) is 48.5 Å². The molecule has 3 aliphatic rings. The number of rotatable bonds is 3. The number of aliphatic hydroxyl groups excluding tert-OH is 1. The van der Waals surface area contributed by atoms with Crippen molar-refractivity contribution in [1.82, 2.24) is 9.29 Å². The highest BCUT2D eigenvalue weighted by Crippen LogP contribution is 2.50. The third-order valence-corrected chi connectivity index (χ3v) is 7.89. The second-order valence-electron chi connectivity index (χ2n) is 7.41. The van der Waals surface area contributed by atoms with Crippen molar-refractivity contribution >= 4 is 21.6 Å². The molecular weight excluding hydrogens is 429 g/mol. The van der Waals surface area contributed by atoms with Crippen LogP contribution in [0.3, 0.4) is 0 Å². The van der Waals surface area contributed by atoms with Gasteiger partial charge in [0.1, 0.15) is 5.69 Å². The number of nitrogens with zero attached hydrogens (tertiary/aromatic N) is 2. The average Bonchev–Trinajstić information content (AvgIpc) is 2.67. The van der Waals surface area contributed by atoms with Gasteiger partial charge >= 0.3 is 6.18 Å². The van der Waals surface area contributed by atoms with Crippen LogP contribution in [0, 0.1) is 5.92 Å². The minimum atomic E-state index is -4.58. The van der Waals surface area contributed by atoms with E-state index in [1.165, 1.54) is 34.6 Å². The molecule has 5 rings (SSSR count). The van der Waals surface area contributed by atoms with E-state index >= 15 is 0 Å². The number of halogens is 4. The Morgan fingerprint density at radius 3 is 2.34 bits per heavy atom. The molecule has 10 heteroatoms. The minimum absolute atomic E-state index is 0.0498. The summed E-state index contributed by atoms with van der Waals surface area (Å²) in [7, 11) is -3.96. The molecule has 0 spiro atoms. The molecule has 3 heterocycles. The molecule has 5 nitrogen and oxygen atoms in total. The quantitative estimate of drug-likeness (QED) is 0.772. The highest BCUT2D eigenvalue weighted by Gasteiger charge is 2.52. The molecule has 0 amide bonds. The number of aromatic nitrogens is 1. The Kier molecular flexibility index (Phi) is 5.13. The molecule has 2 aliphatic heterocycles. The Morgan fingerprint density at radius 1 is 1.10 bits per heavy atom. The standard InChI is InChI=1S/C19H18ClF3N2O3S/c20-12-2-5-14(6-3-12)29(27,28)25-13-4-7-15(16(26)9-13)18(25)11-1-8-17(24-10-11)19(21,22)23/h1-3,5-6,8,10,13,15-16,18,26H,4,7,9H2/t13-,15+,16+,18+/m0/s1. The third kappa shape index (κ3) is 3.65. The van der Waals surface area contributed by atoms with Crippen LogP contribution in [0.15, 0.2) is 47.5 Å². The molecule has 4 atom stereocenters. The fourth-order valence-corrected chi connectivity index (χ4v) is 6.39. The fraction of sp³-hybridized carbons (Fsp3) is 0.421. The van der Waals surface area contributed by atoms with E-state index in [2.05, 4.69) is 4.98 Å². The van der Waals surface area contributed by atoms with E-state index in [-0.39, 0.29) is 4.90 Å². The van der Waals surface area contributed by atoms with Crippen molar-refractivity contribution in [2.75, 3.05) is 0 Å². The smallest absolute Gasteiger partial charge is 0.393 e. The first-order chi connectivity index (χ1) is 13.6. The largest absolute Gasteiger partial charge is 0.433 e. The van der Waals surface area contributed by atoms with Crippen LogP contribution in [0.25, 0.3) is 0 Å². The maximum Gasteiger partial charge on any atom is 0.433 e. The molecular formula is C19H18ClF3N2O3S. The molecule has 1 saturated carbocycles. The zero-order chi connectivity index (χ0) is 21.0. The van der Waals surface area contributed by atoms with Gasteiger partial charge in [0.15, 0.2) is 0 Å². The number of sulfonamides is 1. The van der Waals surface area contributed by atoms with E-state index in [9.17, 15) is 26.7 Å². The zero-order valence-electron chi connectivity index (χ0n) is 15.1. The summed E-state index contributed by atoms with van der Waals surface area (Å²) in [5.74, 6) is -0.416. The van der Waals surface area contributed by atoms with Crippen molar-refractivity contribution in [3.05, 3.63) is 58.9 Å². The molecule has 2 saturated heterocycles. The summed E-state index contributed by atoms with van der Waals surface area (Å²) in [6.07, 6.45) is -2.78. The van der Waals surface area contributed by atoms with Crippen molar-refractivity contribution in [3.63, 3.8) is 0 Å². The van der Waals surface area contributed by atoms with Crippen LogP contribution in [0.4, 0.5) is 13.2 Å². The molecule has 156 valence electrons. The van der Waals surface area contributed by atoms with Gasteiger partial charge in [0.2, 0.25) is 10.0 Å². The lowest BCUT2D eigenvalue weighted by atomic mass is 9.72. The molecule has 0 radical (unpaired) electrons. The lowest BCUT2D eigenvalue weighted by molar-refractivity contribution is -0.141. The number of fused-ring (bicyclic) bond motifs is 3. The first kappa shape index (κ1) is 20.6. The van der Waals surface area contributed by atoms with Gasteiger partial charge in [-0.15, -0.1) is 0 Å². The predicted octanol–water partition coefficient (Wildman–Crippen LogP) is 4.03. The van der Waals surface area contributed by atoms with E-state index < -0.39 is 46.0 Å². The van der Waals surface area contributed by atoms with Gasteiger partial charge in [0.25, 0.3) is 0 Å². The van der Waals surface area contributed by atoms with Crippen LogP contribution >= 0.6 is 11.6 Å². The van der Waals surface area contributed by atoms with Crippen LogP contribution in [0.2, 0.25) is 5.02 Å². The van der Waals surface area contributed by atoms with Gasteiger partial charge in [0.05, 0.1) is 17.0 Å². The molecule has 0 unspecified atom stereocenters. The Morgan fingerprint density at radius 2 is 1.79 bits per heavy atom. The van der Waals surface area contributed by atoms with Gasteiger partial charge in [0, 0.05) is 23.2 Å². The van der Waals surface area contributed by atoms with E-state index in [0.29, 0.717) is 29.8 Å². The number of hydrogen-bond acceptors (Lipinski definition) is 4. The monoisotopic (exact) mass is 446 g/mol. The third-order valence-electron chi connectivity index (χ3n) is 5.69. The molecule has 1 N–H and O–H groups in total. The zero-order valence-corrected chi connectivity index (χ0v) is 16.6. The maximum atomic E-state index is 13.4. The molecule has 1 aromatic carbocycles. The number of hydrogen-bond donors (Lipinski definition) is 1.